The number of nitrogens with zero attached hydrogens (tertiary/aromatic N) is 3. The van der Waals surface area contributed by atoms with Crippen molar-refractivity contribution in [1.82, 2.24) is 9.55 Å². The largest absolute Gasteiger partial charge is 0.316 e. The van der Waals surface area contributed by atoms with E-state index in [1.165, 1.54) is 0 Å². The van der Waals surface area contributed by atoms with E-state index in [1.807, 2.05) is 48.7 Å². The SMILES string of the molecule is Cc1cc(/C=C(/C#N)c2ccc(Br)cc2)c(C)n1-c1cccnc1. The maximum atomic E-state index is 9.55. The second-order valence-corrected chi connectivity index (χ2v) is 6.47. The monoisotopic (exact) mass is 377 g/mol. The van der Waals surface area contributed by atoms with Gasteiger partial charge in [0, 0.05) is 22.1 Å². The van der Waals surface area contributed by atoms with Gasteiger partial charge in [-0.2, -0.15) is 5.26 Å². The number of allylic oxidation sites excluding steroid dienone is 1. The topological polar surface area (TPSA) is 41.6 Å². The summed E-state index contributed by atoms with van der Waals surface area (Å²) in [5, 5.41) is 9.55. The van der Waals surface area contributed by atoms with E-state index in [4.69, 9.17) is 0 Å². The first-order chi connectivity index (χ1) is 11.6. The maximum absolute atomic E-state index is 9.55. The molecular formula is C20H16BrN3. The molecule has 2 aromatic heterocycles. The van der Waals surface area contributed by atoms with Gasteiger partial charge in [-0.1, -0.05) is 28.1 Å². The Morgan fingerprint density at radius 1 is 1.21 bits per heavy atom. The van der Waals surface area contributed by atoms with Crippen LogP contribution < -0.4 is 0 Å². The Labute approximate surface area is 150 Å². The van der Waals surface area contributed by atoms with Gasteiger partial charge in [-0.15, -0.1) is 0 Å². The Hall–Kier alpha value is -2.64. The molecule has 3 rings (SSSR count). The molecule has 0 aliphatic heterocycles. The first-order valence-electron chi connectivity index (χ1n) is 7.57. The van der Waals surface area contributed by atoms with Gasteiger partial charge in [0.2, 0.25) is 0 Å². The number of hydrogen-bond donors (Lipinski definition) is 0. The van der Waals surface area contributed by atoms with E-state index in [-0.39, 0.29) is 0 Å². The molecule has 0 spiro atoms. The highest BCUT2D eigenvalue weighted by molar-refractivity contribution is 9.10. The van der Waals surface area contributed by atoms with Crippen molar-refractivity contribution in [2.45, 2.75) is 13.8 Å². The van der Waals surface area contributed by atoms with Crippen molar-refractivity contribution in [2.24, 2.45) is 0 Å². The molecule has 0 aliphatic carbocycles. The van der Waals surface area contributed by atoms with Gasteiger partial charge in [-0.3, -0.25) is 4.98 Å². The van der Waals surface area contributed by atoms with Crippen molar-refractivity contribution in [3.8, 4) is 11.8 Å². The second kappa shape index (κ2) is 6.86. The maximum Gasteiger partial charge on any atom is 0.0998 e. The predicted molar refractivity (Wildman–Crippen MR) is 101 cm³/mol. The summed E-state index contributed by atoms with van der Waals surface area (Å²) in [5.74, 6) is 0. The molecular weight excluding hydrogens is 362 g/mol. The van der Waals surface area contributed by atoms with Crippen LogP contribution in [0.3, 0.4) is 0 Å². The average Bonchev–Trinajstić information content (AvgIpc) is 2.88. The minimum atomic E-state index is 0.647. The van der Waals surface area contributed by atoms with E-state index in [2.05, 4.69) is 51.5 Å². The highest BCUT2D eigenvalue weighted by Gasteiger charge is 2.11. The lowest BCUT2D eigenvalue weighted by Crippen LogP contribution is -1.99. The number of halogens is 1. The third kappa shape index (κ3) is 3.17. The summed E-state index contributed by atoms with van der Waals surface area (Å²) >= 11 is 3.42. The number of aromatic nitrogens is 2. The Morgan fingerprint density at radius 3 is 2.58 bits per heavy atom. The minimum absolute atomic E-state index is 0.647. The average molecular weight is 378 g/mol. The van der Waals surface area contributed by atoms with Crippen LogP contribution in [0.4, 0.5) is 0 Å². The minimum Gasteiger partial charge on any atom is -0.316 e. The predicted octanol–water partition coefficient (Wildman–Crippen LogP) is 5.32. The Bertz CT molecular complexity index is 930. The van der Waals surface area contributed by atoms with Crippen LogP contribution in [0.1, 0.15) is 22.5 Å². The summed E-state index contributed by atoms with van der Waals surface area (Å²) < 4.78 is 3.15. The van der Waals surface area contributed by atoms with Crippen LogP contribution in [-0.2, 0) is 0 Å². The number of rotatable bonds is 3. The van der Waals surface area contributed by atoms with Crippen molar-refractivity contribution < 1.29 is 0 Å². The molecule has 0 bridgehead atoms. The molecule has 0 saturated carbocycles. The molecule has 118 valence electrons. The molecule has 0 fully saturated rings. The molecule has 3 aromatic rings. The van der Waals surface area contributed by atoms with Crippen LogP contribution in [0.5, 0.6) is 0 Å². The summed E-state index contributed by atoms with van der Waals surface area (Å²) in [6.45, 7) is 4.12. The van der Waals surface area contributed by atoms with E-state index in [0.717, 1.165) is 32.7 Å². The molecule has 1 aromatic carbocycles. The zero-order valence-corrected chi connectivity index (χ0v) is 15.1. The fraction of sp³-hybridized carbons (Fsp3) is 0.100. The zero-order valence-electron chi connectivity index (χ0n) is 13.5. The lowest BCUT2D eigenvalue weighted by atomic mass is 10.0. The number of hydrogen-bond acceptors (Lipinski definition) is 2. The smallest absolute Gasteiger partial charge is 0.0998 e. The molecule has 0 unspecified atom stereocenters. The van der Waals surface area contributed by atoms with Crippen molar-refractivity contribution in [3.63, 3.8) is 0 Å². The number of benzene rings is 1. The molecule has 2 heterocycles. The van der Waals surface area contributed by atoms with Gasteiger partial charge in [-0.05, 0) is 61.4 Å². The van der Waals surface area contributed by atoms with Gasteiger partial charge in [-0.25, -0.2) is 0 Å². The fourth-order valence-corrected chi connectivity index (χ4v) is 3.05. The summed E-state index contributed by atoms with van der Waals surface area (Å²) in [4.78, 5) is 4.19. The van der Waals surface area contributed by atoms with Crippen LogP contribution in [-0.4, -0.2) is 9.55 Å². The van der Waals surface area contributed by atoms with Crippen molar-refractivity contribution in [3.05, 3.63) is 81.8 Å². The van der Waals surface area contributed by atoms with E-state index >= 15 is 0 Å². The molecule has 4 heteroatoms. The zero-order chi connectivity index (χ0) is 17.1. The van der Waals surface area contributed by atoms with E-state index in [9.17, 15) is 5.26 Å². The normalized spacial score (nSPS) is 11.3. The summed E-state index contributed by atoms with van der Waals surface area (Å²) in [5.41, 5.74) is 5.82. The lowest BCUT2D eigenvalue weighted by Gasteiger charge is -2.08. The third-order valence-electron chi connectivity index (χ3n) is 3.95. The van der Waals surface area contributed by atoms with Crippen molar-refractivity contribution >= 4 is 27.6 Å². The third-order valence-corrected chi connectivity index (χ3v) is 4.48. The van der Waals surface area contributed by atoms with E-state index in [1.54, 1.807) is 6.20 Å². The summed E-state index contributed by atoms with van der Waals surface area (Å²) in [6, 6.07) is 16.1. The van der Waals surface area contributed by atoms with Crippen molar-refractivity contribution in [2.75, 3.05) is 0 Å². The Balaban J connectivity index is 2.07. The quantitative estimate of drug-likeness (QED) is 0.579. The van der Waals surface area contributed by atoms with Crippen LogP contribution in [0.25, 0.3) is 17.3 Å². The first kappa shape index (κ1) is 16.2. The first-order valence-corrected chi connectivity index (χ1v) is 8.36. The van der Waals surface area contributed by atoms with E-state index < -0.39 is 0 Å². The van der Waals surface area contributed by atoms with Crippen LogP contribution in [0.15, 0.2) is 59.3 Å². The highest BCUT2D eigenvalue weighted by Crippen LogP contribution is 2.25. The molecule has 24 heavy (non-hydrogen) atoms. The molecule has 0 aliphatic rings. The molecule has 0 atom stereocenters. The second-order valence-electron chi connectivity index (χ2n) is 5.55. The Morgan fingerprint density at radius 2 is 1.96 bits per heavy atom. The number of pyridine rings is 1. The standard InChI is InChI=1S/C20H16BrN3/c1-14-10-17(15(2)24(14)20-4-3-9-23-13-20)11-18(12-22)16-5-7-19(21)8-6-16/h3-11,13H,1-2H3/b18-11-. The highest BCUT2D eigenvalue weighted by atomic mass is 79.9. The Kier molecular flexibility index (Phi) is 4.64. The van der Waals surface area contributed by atoms with Gasteiger partial charge >= 0.3 is 0 Å². The summed E-state index contributed by atoms with van der Waals surface area (Å²) in [7, 11) is 0. The lowest BCUT2D eigenvalue weighted by molar-refractivity contribution is 0.954. The van der Waals surface area contributed by atoms with Gasteiger partial charge in [0.15, 0.2) is 0 Å². The molecule has 0 N–H and O–H groups in total. The van der Waals surface area contributed by atoms with Gasteiger partial charge in [0.05, 0.1) is 23.5 Å². The fourth-order valence-electron chi connectivity index (χ4n) is 2.78. The molecule has 0 saturated heterocycles. The van der Waals surface area contributed by atoms with Gasteiger partial charge < -0.3 is 4.57 Å². The van der Waals surface area contributed by atoms with Gasteiger partial charge in [0.1, 0.15) is 0 Å². The molecule has 0 amide bonds. The van der Waals surface area contributed by atoms with Crippen LogP contribution >= 0.6 is 15.9 Å². The number of nitriles is 1. The van der Waals surface area contributed by atoms with Gasteiger partial charge in [0.25, 0.3) is 0 Å². The van der Waals surface area contributed by atoms with E-state index in [0.29, 0.717) is 5.57 Å². The van der Waals surface area contributed by atoms with Crippen LogP contribution in [0.2, 0.25) is 0 Å². The number of aryl methyl sites for hydroxylation is 1. The molecule has 0 radical (unpaired) electrons. The molecule has 3 nitrogen and oxygen atoms in total. The van der Waals surface area contributed by atoms with Crippen molar-refractivity contribution in [1.29, 1.82) is 5.26 Å². The summed E-state index contributed by atoms with van der Waals surface area (Å²) in [6.07, 6.45) is 5.55. The van der Waals surface area contributed by atoms with Crippen LogP contribution in [0, 0.1) is 25.2 Å².